The highest BCUT2D eigenvalue weighted by Crippen LogP contribution is 2.23. The number of carbonyl (C=O) groups is 1. The number of hydrogen-bond donors (Lipinski definition) is 2. The zero-order valence-corrected chi connectivity index (χ0v) is 10.6. The van der Waals surface area contributed by atoms with Crippen LogP contribution in [0.15, 0.2) is 0 Å². The van der Waals surface area contributed by atoms with Gasteiger partial charge >= 0.3 is 5.97 Å². The van der Waals surface area contributed by atoms with Crippen molar-refractivity contribution < 1.29 is 9.90 Å². The first-order valence-electron chi connectivity index (χ1n) is 6.19. The number of carboxylic acids is 1. The molecular weight excluding hydrogens is 204 g/mol. The number of carboxylic acid groups (broad SMARTS) is 1. The number of aliphatic carboxylic acids is 1. The van der Waals surface area contributed by atoms with E-state index in [1.165, 1.54) is 19.3 Å². The Hall–Kier alpha value is -0.610. The van der Waals surface area contributed by atoms with Crippen molar-refractivity contribution in [1.29, 1.82) is 0 Å². The predicted molar refractivity (Wildman–Crippen MR) is 64.6 cm³/mol. The Labute approximate surface area is 98.0 Å². The Morgan fingerprint density at radius 2 is 2.12 bits per heavy atom. The van der Waals surface area contributed by atoms with E-state index >= 15 is 0 Å². The van der Waals surface area contributed by atoms with Gasteiger partial charge in [-0.3, -0.25) is 4.79 Å². The summed E-state index contributed by atoms with van der Waals surface area (Å²) in [4.78, 5) is 13.3. The molecule has 2 N–H and O–H groups in total. The molecule has 0 aromatic heterocycles. The van der Waals surface area contributed by atoms with Gasteiger partial charge in [0.1, 0.15) is 6.04 Å². The van der Waals surface area contributed by atoms with Gasteiger partial charge in [-0.15, -0.1) is 0 Å². The SMILES string of the molecule is CC(C)NC(CCN(C)C1CCC1)C(=O)O. The third kappa shape index (κ3) is 4.10. The molecule has 0 aromatic carbocycles. The summed E-state index contributed by atoms with van der Waals surface area (Å²) in [6, 6.07) is 0.492. The van der Waals surface area contributed by atoms with Gasteiger partial charge in [0.15, 0.2) is 0 Å². The van der Waals surface area contributed by atoms with Crippen LogP contribution in [0, 0.1) is 0 Å². The largest absolute Gasteiger partial charge is 0.480 e. The number of nitrogens with one attached hydrogen (secondary N) is 1. The first-order valence-corrected chi connectivity index (χ1v) is 6.19. The molecule has 1 saturated carbocycles. The lowest BCUT2D eigenvalue weighted by molar-refractivity contribution is -0.140. The quantitative estimate of drug-likeness (QED) is 0.690. The van der Waals surface area contributed by atoms with Crippen molar-refractivity contribution in [2.75, 3.05) is 13.6 Å². The Bertz CT molecular complexity index is 227. The Balaban J connectivity index is 2.28. The van der Waals surface area contributed by atoms with Gasteiger partial charge in [-0.2, -0.15) is 0 Å². The van der Waals surface area contributed by atoms with Crippen LogP contribution in [0.1, 0.15) is 39.5 Å². The molecule has 4 nitrogen and oxygen atoms in total. The number of rotatable bonds is 7. The van der Waals surface area contributed by atoms with Gasteiger partial charge in [0.25, 0.3) is 0 Å². The summed E-state index contributed by atoms with van der Waals surface area (Å²) in [5, 5.41) is 12.1. The molecule has 0 saturated heterocycles. The molecule has 0 aromatic rings. The third-order valence-corrected chi connectivity index (χ3v) is 3.30. The molecular formula is C12H24N2O2. The van der Waals surface area contributed by atoms with Crippen LogP contribution in [0.5, 0.6) is 0 Å². The van der Waals surface area contributed by atoms with Crippen LogP contribution in [0.3, 0.4) is 0 Å². The van der Waals surface area contributed by atoms with E-state index < -0.39 is 12.0 Å². The zero-order chi connectivity index (χ0) is 12.1. The van der Waals surface area contributed by atoms with Crippen molar-refractivity contribution in [1.82, 2.24) is 10.2 Å². The van der Waals surface area contributed by atoms with E-state index in [0.29, 0.717) is 12.5 Å². The second-order valence-electron chi connectivity index (χ2n) is 5.07. The smallest absolute Gasteiger partial charge is 0.320 e. The highest BCUT2D eigenvalue weighted by atomic mass is 16.4. The Kier molecular flexibility index (Phi) is 5.22. The van der Waals surface area contributed by atoms with Gasteiger partial charge in [-0.1, -0.05) is 20.3 Å². The topological polar surface area (TPSA) is 52.6 Å². The lowest BCUT2D eigenvalue weighted by Crippen LogP contribution is -2.45. The van der Waals surface area contributed by atoms with Crippen molar-refractivity contribution in [3.05, 3.63) is 0 Å². The first kappa shape index (κ1) is 13.5. The second-order valence-corrected chi connectivity index (χ2v) is 5.07. The minimum Gasteiger partial charge on any atom is -0.480 e. The number of nitrogens with zero attached hydrogens (tertiary/aromatic N) is 1. The summed E-state index contributed by atoms with van der Waals surface area (Å²) >= 11 is 0. The first-order chi connectivity index (χ1) is 7.50. The molecule has 0 aliphatic heterocycles. The van der Waals surface area contributed by atoms with Crippen molar-refractivity contribution in [2.45, 2.75) is 57.7 Å². The van der Waals surface area contributed by atoms with E-state index in [9.17, 15) is 4.79 Å². The van der Waals surface area contributed by atoms with Crippen molar-refractivity contribution in [3.63, 3.8) is 0 Å². The fourth-order valence-corrected chi connectivity index (χ4v) is 2.02. The van der Waals surface area contributed by atoms with Crippen molar-refractivity contribution in [3.8, 4) is 0 Å². The molecule has 1 fully saturated rings. The molecule has 0 radical (unpaired) electrons. The Morgan fingerprint density at radius 3 is 2.50 bits per heavy atom. The van der Waals surface area contributed by atoms with E-state index in [2.05, 4.69) is 17.3 Å². The fraction of sp³-hybridized carbons (Fsp3) is 0.917. The lowest BCUT2D eigenvalue weighted by Gasteiger charge is -2.35. The van der Waals surface area contributed by atoms with E-state index in [-0.39, 0.29) is 6.04 Å². The van der Waals surface area contributed by atoms with Gasteiger partial charge in [-0.25, -0.2) is 0 Å². The molecule has 0 amide bonds. The number of hydrogen-bond acceptors (Lipinski definition) is 3. The fourth-order valence-electron chi connectivity index (χ4n) is 2.02. The van der Waals surface area contributed by atoms with E-state index in [4.69, 9.17) is 5.11 Å². The maximum atomic E-state index is 11.0. The normalized spacial score (nSPS) is 18.8. The van der Waals surface area contributed by atoms with Crippen molar-refractivity contribution in [2.24, 2.45) is 0 Å². The van der Waals surface area contributed by atoms with Gasteiger partial charge in [0.05, 0.1) is 0 Å². The summed E-state index contributed by atoms with van der Waals surface area (Å²) in [6.45, 7) is 4.82. The van der Waals surface area contributed by atoms with Crippen molar-refractivity contribution >= 4 is 5.97 Å². The van der Waals surface area contributed by atoms with Gasteiger partial charge in [0, 0.05) is 18.6 Å². The molecule has 16 heavy (non-hydrogen) atoms. The standard InChI is InChI=1S/C12H24N2O2/c1-9(2)13-11(12(15)16)7-8-14(3)10-5-4-6-10/h9-11,13H,4-8H2,1-3H3,(H,15,16). The molecule has 0 spiro atoms. The van der Waals surface area contributed by atoms with Gasteiger partial charge < -0.3 is 15.3 Å². The van der Waals surface area contributed by atoms with Crippen LogP contribution in [0.2, 0.25) is 0 Å². The summed E-state index contributed by atoms with van der Waals surface area (Å²) in [5.74, 6) is -0.740. The van der Waals surface area contributed by atoms with Gasteiger partial charge in [-0.05, 0) is 26.3 Å². The van der Waals surface area contributed by atoms with E-state index in [1.807, 2.05) is 13.8 Å². The average molecular weight is 228 g/mol. The van der Waals surface area contributed by atoms with Crippen LogP contribution in [0.25, 0.3) is 0 Å². The molecule has 1 rings (SSSR count). The third-order valence-electron chi connectivity index (χ3n) is 3.30. The zero-order valence-electron chi connectivity index (χ0n) is 10.6. The maximum absolute atomic E-state index is 11.0. The molecule has 0 bridgehead atoms. The molecule has 1 unspecified atom stereocenters. The second kappa shape index (κ2) is 6.21. The molecule has 0 heterocycles. The lowest BCUT2D eigenvalue weighted by atomic mass is 9.91. The minimum absolute atomic E-state index is 0.218. The minimum atomic E-state index is -0.740. The Morgan fingerprint density at radius 1 is 1.50 bits per heavy atom. The van der Waals surface area contributed by atoms with E-state index in [1.54, 1.807) is 0 Å². The molecule has 4 heteroatoms. The monoisotopic (exact) mass is 228 g/mol. The van der Waals surface area contributed by atoms with Crippen LogP contribution in [-0.2, 0) is 4.79 Å². The highest BCUT2D eigenvalue weighted by molar-refractivity contribution is 5.73. The maximum Gasteiger partial charge on any atom is 0.320 e. The molecule has 1 atom stereocenters. The summed E-state index contributed by atoms with van der Waals surface area (Å²) < 4.78 is 0. The van der Waals surface area contributed by atoms with E-state index in [0.717, 1.165) is 6.54 Å². The van der Waals surface area contributed by atoms with Crippen LogP contribution in [0.4, 0.5) is 0 Å². The predicted octanol–water partition coefficient (Wildman–Crippen LogP) is 1.31. The van der Waals surface area contributed by atoms with Gasteiger partial charge in [0.2, 0.25) is 0 Å². The summed E-state index contributed by atoms with van der Waals surface area (Å²) in [6.07, 6.45) is 4.54. The summed E-state index contributed by atoms with van der Waals surface area (Å²) in [7, 11) is 2.10. The average Bonchev–Trinajstić information content (AvgIpc) is 2.08. The highest BCUT2D eigenvalue weighted by Gasteiger charge is 2.24. The van der Waals surface area contributed by atoms with Crippen LogP contribution in [-0.4, -0.2) is 47.7 Å². The van der Waals surface area contributed by atoms with Crippen LogP contribution < -0.4 is 5.32 Å². The van der Waals surface area contributed by atoms with Crippen LogP contribution >= 0.6 is 0 Å². The molecule has 1 aliphatic rings. The summed E-state index contributed by atoms with van der Waals surface area (Å²) in [5.41, 5.74) is 0. The molecule has 1 aliphatic carbocycles. The molecule has 94 valence electrons.